The molecule has 0 atom stereocenters. The van der Waals surface area contributed by atoms with Gasteiger partial charge in [-0.1, -0.05) is 35.4 Å². The maximum atomic E-state index is 13.0. The summed E-state index contributed by atoms with van der Waals surface area (Å²) >= 11 is 5.85. The fourth-order valence-corrected chi connectivity index (χ4v) is 3.71. The average Bonchev–Trinajstić information content (AvgIpc) is 3.06. The number of nitrogens with one attached hydrogen (secondary N) is 1. The molecule has 1 N–H and O–H groups in total. The highest BCUT2D eigenvalue weighted by Gasteiger charge is 2.28. The molecule has 0 bridgehead atoms. The fourth-order valence-electron chi connectivity index (χ4n) is 2.31. The second-order valence-electron chi connectivity index (χ2n) is 5.65. The number of sulfone groups is 1. The van der Waals surface area contributed by atoms with Crippen LogP contribution in [0.25, 0.3) is 11.5 Å². The van der Waals surface area contributed by atoms with Gasteiger partial charge in [0.15, 0.2) is 0 Å². The summed E-state index contributed by atoms with van der Waals surface area (Å²) in [5, 5.41) is 3.18. The Hall–Kier alpha value is -2.57. The van der Waals surface area contributed by atoms with E-state index in [-0.39, 0.29) is 21.7 Å². The maximum absolute atomic E-state index is 13.0. The number of rotatable bonds is 6. The molecule has 0 spiro atoms. The van der Waals surface area contributed by atoms with Gasteiger partial charge in [0.2, 0.25) is 26.6 Å². The van der Waals surface area contributed by atoms with E-state index in [4.69, 9.17) is 16.0 Å². The monoisotopic (exact) mass is 388 g/mol. The first-order valence-electron chi connectivity index (χ1n) is 7.85. The van der Waals surface area contributed by atoms with Crippen molar-refractivity contribution in [1.82, 2.24) is 4.98 Å². The van der Waals surface area contributed by atoms with E-state index in [2.05, 4.69) is 16.9 Å². The van der Waals surface area contributed by atoms with Crippen LogP contribution in [-0.2, 0) is 9.84 Å². The van der Waals surface area contributed by atoms with E-state index in [1.807, 2.05) is 31.2 Å². The molecule has 134 valence electrons. The summed E-state index contributed by atoms with van der Waals surface area (Å²) in [6.45, 7) is 5.93. The summed E-state index contributed by atoms with van der Waals surface area (Å²) in [5.41, 5.74) is 1.77. The van der Waals surface area contributed by atoms with E-state index >= 15 is 0 Å². The van der Waals surface area contributed by atoms with Crippen LogP contribution < -0.4 is 5.32 Å². The highest BCUT2D eigenvalue weighted by molar-refractivity contribution is 7.91. The van der Waals surface area contributed by atoms with Crippen LogP contribution in [0.4, 0.5) is 5.88 Å². The SMILES string of the molecule is C=CCNc1oc(-c2ccc(C)cc2)nc1S(=O)(=O)c1ccc(Cl)cc1. The molecule has 0 aliphatic carbocycles. The molecule has 0 amide bonds. The standard InChI is InChI=1S/C19H17ClN2O3S/c1-3-12-21-18-19(26(23,24)16-10-8-15(20)9-11-16)22-17(25-18)14-6-4-13(2)5-7-14/h3-11,21H,1,12H2,2H3. The van der Waals surface area contributed by atoms with Crippen molar-refractivity contribution < 1.29 is 12.8 Å². The van der Waals surface area contributed by atoms with Gasteiger partial charge in [0.05, 0.1) is 4.90 Å². The van der Waals surface area contributed by atoms with Crippen molar-refractivity contribution in [2.45, 2.75) is 16.8 Å². The average molecular weight is 389 g/mol. The lowest BCUT2D eigenvalue weighted by Crippen LogP contribution is -2.07. The van der Waals surface area contributed by atoms with Gasteiger partial charge >= 0.3 is 0 Å². The zero-order valence-electron chi connectivity index (χ0n) is 14.1. The third kappa shape index (κ3) is 3.66. The first-order chi connectivity index (χ1) is 12.4. The van der Waals surface area contributed by atoms with Gasteiger partial charge in [0, 0.05) is 17.1 Å². The Morgan fingerprint density at radius 3 is 2.42 bits per heavy atom. The molecule has 0 radical (unpaired) electrons. The minimum absolute atomic E-state index is 0.0791. The van der Waals surface area contributed by atoms with E-state index in [0.717, 1.165) is 5.56 Å². The third-order valence-corrected chi connectivity index (χ3v) is 5.61. The number of halogens is 1. The van der Waals surface area contributed by atoms with E-state index in [9.17, 15) is 8.42 Å². The second-order valence-corrected chi connectivity index (χ2v) is 7.95. The molecule has 0 unspecified atom stereocenters. The Kier molecular flexibility index (Phi) is 5.15. The van der Waals surface area contributed by atoms with E-state index in [0.29, 0.717) is 17.1 Å². The van der Waals surface area contributed by atoms with Gasteiger partial charge in [-0.3, -0.25) is 0 Å². The van der Waals surface area contributed by atoms with Crippen molar-refractivity contribution in [2.24, 2.45) is 0 Å². The maximum Gasteiger partial charge on any atom is 0.234 e. The number of anilines is 1. The third-order valence-electron chi connectivity index (χ3n) is 3.68. The van der Waals surface area contributed by atoms with Crippen molar-refractivity contribution in [3.05, 3.63) is 71.8 Å². The molecule has 1 aromatic heterocycles. The van der Waals surface area contributed by atoms with E-state index in [1.165, 1.54) is 24.3 Å². The first kappa shape index (κ1) is 18.2. The summed E-state index contributed by atoms with van der Waals surface area (Å²) in [5.74, 6) is 0.305. The molecule has 2 aromatic carbocycles. The molecule has 0 saturated carbocycles. The zero-order chi connectivity index (χ0) is 18.7. The van der Waals surface area contributed by atoms with Crippen molar-refractivity contribution in [3.63, 3.8) is 0 Å². The molecule has 1 heterocycles. The van der Waals surface area contributed by atoms with Crippen LogP contribution in [0.2, 0.25) is 5.02 Å². The summed E-state index contributed by atoms with van der Waals surface area (Å²) in [6.07, 6.45) is 1.60. The summed E-state index contributed by atoms with van der Waals surface area (Å²) in [7, 11) is -3.87. The minimum atomic E-state index is -3.87. The Morgan fingerprint density at radius 2 is 1.81 bits per heavy atom. The number of aryl methyl sites for hydroxylation is 1. The normalized spacial score (nSPS) is 11.3. The van der Waals surface area contributed by atoms with E-state index in [1.54, 1.807) is 6.08 Å². The van der Waals surface area contributed by atoms with Crippen LogP contribution in [0.1, 0.15) is 5.56 Å². The van der Waals surface area contributed by atoms with Crippen LogP contribution in [0.15, 0.2) is 75.5 Å². The van der Waals surface area contributed by atoms with Crippen molar-refractivity contribution in [3.8, 4) is 11.5 Å². The lowest BCUT2D eigenvalue weighted by atomic mass is 10.1. The molecule has 0 aliphatic heterocycles. The highest BCUT2D eigenvalue weighted by atomic mass is 35.5. The number of aromatic nitrogens is 1. The van der Waals surface area contributed by atoms with Crippen molar-refractivity contribution in [1.29, 1.82) is 0 Å². The van der Waals surface area contributed by atoms with Gasteiger partial charge in [0.25, 0.3) is 0 Å². The quantitative estimate of drug-likeness (QED) is 0.618. The molecule has 3 rings (SSSR count). The number of hydrogen-bond donors (Lipinski definition) is 1. The topological polar surface area (TPSA) is 72.2 Å². The van der Waals surface area contributed by atoms with Gasteiger partial charge in [-0.05, 0) is 43.3 Å². The molecule has 7 heteroatoms. The van der Waals surface area contributed by atoms with Gasteiger partial charge in [-0.15, -0.1) is 6.58 Å². The van der Waals surface area contributed by atoms with Crippen LogP contribution >= 0.6 is 11.6 Å². The molecular formula is C19H17ClN2O3S. The molecular weight excluding hydrogens is 372 g/mol. The molecule has 0 fully saturated rings. The largest absolute Gasteiger partial charge is 0.419 e. The predicted molar refractivity (Wildman–Crippen MR) is 102 cm³/mol. The van der Waals surface area contributed by atoms with Crippen LogP contribution in [0, 0.1) is 6.92 Å². The number of benzene rings is 2. The Labute approximate surface area is 157 Å². The molecule has 0 aliphatic rings. The van der Waals surface area contributed by atoms with Gasteiger partial charge in [-0.25, -0.2) is 8.42 Å². The lowest BCUT2D eigenvalue weighted by molar-refractivity contribution is 0.579. The molecule has 3 aromatic rings. The highest BCUT2D eigenvalue weighted by Crippen LogP contribution is 2.32. The summed E-state index contributed by atoms with van der Waals surface area (Å²) < 4.78 is 31.7. The second kappa shape index (κ2) is 7.35. The number of nitrogens with zero attached hydrogens (tertiary/aromatic N) is 1. The summed E-state index contributed by atoms with van der Waals surface area (Å²) in [6, 6.07) is 13.4. The Bertz CT molecular complexity index is 1020. The minimum Gasteiger partial charge on any atom is -0.419 e. The van der Waals surface area contributed by atoms with Crippen LogP contribution in [-0.4, -0.2) is 19.9 Å². The van der Waals surface area contributed by atoms with Crippen LogP contribution in [0.3, 0.4) is 0 Å². The Morgan fingerprint density at radius 1 is 1.15 bits per heavy atom. The zero-order valence-corrected chi connectivity index (χ0v) is 15.6. The first-order valence-corrected chi connectivity index (χ1v) is 9.71. The smallest absolute Gasteiger partial charge is 0.234 e. The van der Waals surface area contributed by atoms with Gasteiger partial charge in [-0.2, -0.15) is 4.98 Å². The predicted octanol–water partition coefficient (Wildman–Crippen LogP) is 4.73. The Balaban J connectivity index is 2.10. The fraction of sp³-hybridized carbons (Fsp3) is 0.105. The lowest BCUT2D eigenvalue weighted by Gasteiger charge is -2.04. The number of hydrogen-bond acceptors (Lipinski definition) is 5. The molecule has 5 nitrogen and oxygen atoms in total. The number of oxazole rings is 1. The van der Waals surface area contributed by atoms with Crippen molar-refractivity contribution in [2.75, 3.05) is 11.9 Å². The molecule has 0 saturated heterocycles. The van der Waals surface area contributed by atoms with Crippen molar-refractivity contribution >= 4 is 27.3 Å². The van der Waals surface area contributed by atoms with E-state index < -0.39 is 9.84 Å². The molecule has 26 heavy (non-hydrogen) atoms. The summed E-state index contributed by atoms with van der Waals surface area (Å²) in [4.78, 5) is 4.34. The van der Waals surface area contributed by atoms with Crippen LogP contribution in [0.5, 0.6) is 0 Å². The van der Waals surface area contributed by atoms with Gasteiger partial charge in [0.1, 0.15) is 0 Å². The van der Waals surface area contributed by atoms with Gasteiger partial charge < -0.3 is 9.73 Å².